The molecule has 1 aliphatic heterocycles. The molecule has 2 unspecified atom stereocenters. The number of aliphatic carboxylic acids is 1. The minimum absolute atomic E-state index is 0.0160. The summed E-state index contributed by atoms with van der Waals surface area (Å²) in [4.78, 5) is 25.1. The third-order valence-electron chi connectivity index (χ3n) is 4.63. The second-order valence-corrected chi connectivity index (χ2v) is 6.50. The zero-order valence-corrected chi connectivity index (χ0v) is 14.3. The van der Waals surface area contributed by atoms with Crippen LogP contribution < -0.4 is 0 Å². The third-order valence-corrected chi connectivity index (χ3v) is 4.63. The van der Waals surface area contributed by atoms with E-state index >= 15 is 0 Å². The van der Waals surface area contributed by atoms with Gasteiger partial charge in [0.15, 0.2) is 0 Å². The van der Waals surface area contributed by atoms with Gasteiger partial charge >= 0.3 is 5.97 Å². The van der Waals surface area contributed by atoms with Crippen molar-refractivity contribution in [3.8, 4) is 0 Å². The van der Waals surface area contributed by atoms with Crippen molar-refractivity contribution in [2.24, 2.45) is 11.8 Å². The summed E-state index contributed by atoms with van der Waals surface area (Å²) < 4.78 is 5.60. The maximum atomic E-state index is 12.2. The van der Waals surface area contributed by atoms with Crippen LogP contribution in [0.2, 0.25) is 0 Å². The SMILES string of the molecule is CC1CN(C(=O)CCCOCCc2ccccc2)CCC1C(=O)O. The molecule has 24 heavy (non-hydrogen) atoms. The van der Waals surface area contributed by atoms with Crippen LogP contribution >= 0.6 is 0 Å². The summed E-state index contributed by atoms with van der Waals surface area (Å²) in [5, 5.41) is 9.12. The van der Waals surface area contributed by atoms with Gasteiger partial charge in [0, 0.05) is 26.1 Å². The average Bonchev–Trinajstić information content (AvgIpc) is 2.58. The first-order chi connectivity index (χ1) is 11.6. The number of ether oxygens (including phenoxy) is 1. The van der Waals surface area contributed by atoms with Gasteiger partial charge in [-0.2, -0.15) is 0 Å². The Hall–Kier alpha value is -1.88. The van der Waals surface area contributed by atoms with E-state index in [0.717, 1.165) is 6.42 Å². The van der Waals surface area contributed by atoms with Crippen molar-refractivity contribution in [3.05, 3.63) is 35.9 Å². The quantitative estimate of drug-likeness (QED) is 0.743. The maximum absolute atomic E-state index is 12.2. The predicted molar refractivity (Wildman–Crippen MR) is 91.7 cm³/mol. The van der Waals surface area contributed by atoms with E-state index in [9.17, 15) is 9.59 Å². The molecule has 1 N–H and O–H groups in total. The second kappa shape index (κ2) is 9.42. The molecule has 0 radical (unpaired) electrons. The van der Waals surface area contributed by atoms with Crippen LogP contribution in [0.3, 0.4) is 0 Å². The number of nitrogens with zero attached hydrogens (tertiary/aromatic N) is 1. The van der Waals surface area contributed by atoms with Crippen molar-refractivity contribution in [3.63, 3.8) is 0 Å². The van der Waals surface area contributed by atoms with Crippen LogP contribution in [0.15, 0.2) is 30.3 Å². The molecule has 1 aromatic carbocycles. The fourth-order valence-electron chi connectivity index (χ4n) is 3.16. The monoisotopic (exact) mass is 333 g/mol. The maximum Gasteiger partial charge on any atom is 0.306 e. The van der Waals surface area contributed by atoms with Crippen molar-refractivity contribution in [1.82, 2.24) is 4.90 Å². The van der Waals surface area contributed by atoms with Gasteiger partial charge in [0.1, 0.15) is 0 Å². The molecule has 1 aliphatic rings. The van der Waals surface area contributed by atoms with Crippen LogP contribution in [-0.2, 0) is 20.7 Å². The molecule has 2 atom stereocenters. The molecule has 2 rings (SSSR count). The van der Waals surface area contributed by atoms with Crippen molar-refractivity contribution in [2.75, 3.05) is 26.3 Å². The van der Waals surface area contributed by atoms with Gasteiger partial charge in [-0.1, -0.05) is 37.3 Å². The summed E-state index contributed by atoms with van der Waals surface area (Å²) in [5.41, 5.74) is 1.25. The Morgan fingerprint density at radius 2 is 2.00 bits per heavy atom. The zero-order valence-electron chi connectivity index (χ0n) is 14.3. The number of hydrogen-bond donors (Lipinski definition) is 1. The number of carbonyl (C=O) groups excluding carboxylic acids is 1. The molecule has 5 nitrogen and oxygen atoms in total. The van der Waals surface area contributed by atoms with Gasteiger partial charge in [0.2, 0.25) is 5.91 Å². The molecule has 1 fully saturated rings. The Balaban J connectivity index is 1.57. The summed E-state index contributed by atoms with van der Waals surface area (Å²) in [6.45, 7) is 4.25. The molecular formula is C19H27NO4. The number of rotatable bonds is 8. The van der Waals surface area contributed by atoms with Gasteiger partial charge in [0.05, 0.1) is 12.5 Å². The van der Waals surface area contributed by atoms with Crippen molar-refractivity contribution in [1.29, 1.82) is 0 Å². The number of piperidine rings is 1. The first-order valence-corrected chi connectivity index (χ1v) is 8.70. The number of likely N-dealkylation sites (tertiary alicyclic amines) is 1. The number of hydrogen-bond acceptors (Lipinski definition) is 3. The minimum Gasteiger partial charge on any atom is -0.481 e. The minimum atomic E-state index is -0.749. The molecule has 1 heterocycles. The Labute approximate surface area is 143 Å². The van der Waals surface area contributed by atoms with E-state index in [-0.39, 0.29) is 17.7 Å². The van der Waals surface area contributed by atoms with E-state index < -0.39 is 5.97 Å². The molecule has 132 valence electrons. The lowest BCUT2D eigenvalue weighted by molar-refractivity contribution is -0.148. The summed E-state index contributed by atoms with van der Waals surface area (Å²) in [6, 6.07) is 10.2. The Kier molecular flexibility index (Phi) is 7.25. The number of benzene rings is 1. The molecule has 1 saturated heterocycles. The number of carboxylic acid groups (broad SMARTS) is 1. The lowest BCUT2D eigenvalue weighted by Crippen LogP contribution is -2.45. The van der Waals surface area contributed by atoms with Gasteiger partial charge in [-0.15, -0.1) is 0 Å². The summed E-state index contributed by atoms with van der Waals surface area (Å²) >= 11 is 0. The standard InChI is InChI=1S/C19H27NO4/c1-15-14-20(11-9-17(15)19(22)23)18(21)8-5-12-24-13-10-16-6-3-2-4-7-16/h2-4,6-7,15,17H,5,8-14H2,1H3,(H,22,23). The van der Waals surface area contributed by atoms with Gasteiger partial charge in [-0.25, -0.2) is 0 Å². The molecule has 0 spiro atoms. The molecule has 0 aromatic heterocycles. The van der Waals surface area contributed by atoms with Crippen molar-refractivity contribution in [2.45, 2.75) is 32.6 Å². The molecule has 0 bridgehead atoms. The van der Waals surface area contributed by atoms with Gasteiger partial charge in [-0.05, 0) is 30.7 Å². The summed E-state index contributed by atoms with van der Waals surface area (Å²) in [6.07, 6.45) is 2.61. The normalized spacial score (nSPS) is 20.8. The predicted octanol–water partition coefficient (Wildman–Crippen LogP) is 2.60. The summed E-state index contributed by atoms with van der Waals surface area (Å²) in [7, 11) is 0. The van der Waals surface area contributed by atoms with E-state index in [1.165, 1.54) is 5.56 Å². The van der Waals surface area contributed by atoms with Gasteiger partial charge in [0.25, 0.3) is 0 Å². The van der Waals surface area contributed by atoms with Crippen molar-refractivity contribution >= 4 is 11.9 Å². The highest BCUT2D eigenvalue weighted by molar-refractivity contribution is 5.77. The van der Waals surface area contributed by atoms with Crippen LogP contribution in [-0.4, -0.2) is 48.2 Å². The average molecular weight is 333 g/mol. The van der Waals surface area contributed by atoms with E-state index in [0.29, 0.717) is 45.6 Å². The Morgan fingerprint density at radius 3 is 2.67 bits per heavy atom. The fraction of sp³-hybridized carbons (Fsp3) is 0.579. The fourth-order valence-corrected chi connectivity index (χ4v) is 3.16. The molecule has 5 heteroatoms. The molecule has 0 saturated carbocycles. The van der Waals surface area contributed by atoms with Crippen molar-refractivity contribution < 1.29 is 19.4 Å². The van der Waals surface area contributed by atoms with Crippen LogP contribution in [0.5, 0.6) is 0 Å². The highest BCUT2D eigenvalue weighted by Gasteiger charge is 2.32. The molecule has 0 aliphatic carbocycles. The third kappa shape index (κ3) is 5.64. The summed E-state index contributed by atoms with van der Waals surface area (Å²) in [5.74, 6) is -0.948. The van der Waals surface area contributed by atoms with Crippen LogP contribution in [0.25, 0.3) is 0 Å². The van der Waals surface area contributed by atoms with E-state index in [2.05, 4.69) is 12.1 Å². The molecule has 1 amide bonds. The smallest absolute Gasteiger partial charge is 0.306 e. The highest BCUT2D eigenvalue weighted by atomic mass is 16.5. The number of carbonyl (C=O) groups is 2. The van der Waals surface area contributed by atoms with E-state index in [1.807, 2.05) is 25.1 Å². The number of carboxylic acids is 1. The Bertz CT molecular complexity index is 531. The molecule has 1 aromatic rings. The Morgan fingerprint density at radius 1 is 1.25 bits per heavy atom. The molecular weight excluding hydrogens is 306 g/mol. The highest BCUT2D eigenvalue weighted by Crippen LogP contribution is 2.24. The topological polar surface area (TPSA) is 66.8 Å². The largest absolute Gasteiger partial charge is 0.481 e. The van der Waals surface area contributed by atoms with Crippen LogP contribution in [0.4, 0.5) is 0 Å². The lowest BCUT2D eigenvalue weighted by atomic mass is 9.87. The lowest BCUT2D eigenvalue weighted by Gasteiger charge is -2.35. The second-order valence-electron chi connectivity index (χ2n) is 6.50. The first kappa shape index (κ1) is 18.5. The number of amides is 1. The van der Waals surface area contributed by atoms with Crippen LogP contribution in [0, 0.1) is 11.8 Å². The van der Waals surface area contributed by atoms with Gasteiger partial charge in [-0.3, -0.25) is 9.59 Å². The van der Waals surface area contributed by atoms with Crippen LogP contribution in [0.1, 0.15) is 31.7 Å². The van der Waals surface area contributed by atoms with Gasteiger partial charge < -0.3 is 14.7 Å². The van der Waals surface area contributed by atoms with E-state index in [1.54, 1.807) is 4.90 Å². The first-order valence-electron chi connectivity index (χ1n) is 8.70. The zero-order chi connectivity index (χ0) is 17.4. The van der Waals surface area contributed by atoms with E-state index in [4.69, 9.17) is 9.84 Å².